The smallest absolute Gasteiger partial charge is 0.133 e. The largest absolute Gasteiger partial charge is 0.300 e. The highest BCUT2D eigenvalue weighted by Gasteiger charge is 2.24. The van der Waals surface area contributed by atoms with Gasteiger partial charge in [0.15, 0.2) is 0 Å². The monoisotopic (exact) mass is 233 g/mol. The van der Waals surface area contributed by atoms with E-state index in [0.717, 1.165) is 23.8 Å². The van der Waals surface area contributed by atoms with Crippen LogP contribution in [0.5, 0.6) is 0 Å². The number of aryl methyl sites for hydroxylation is 2. The maximum atomic E-state index is 4.61. The number of piperidine rings is 1. The van der Waals surface area contributed by atoms with Gasteiger partial charge in [0, 0.05) is 29.9 Å². The highest BCUT2D eigenvalue weighted by molar-refractivity contribution is 5.11. The molecule has 0 radical (unpaired) electrons. The molecule has 0 spiro atoms. The summed E-state index contributed by atoms with van der Waals surface area (Å²) in [6.07, 6.45) is 2.49. The Balaban J connectivity index is 2.16. The minimum atomic E-state index is 0.518. The zero-order valence-electron chi connectivity index (χ0n) is 11.4. The number of hydrogen-bond donors (Lipinski definition) is 0. The molecule has 1 aromatic rings. The molecule has 1 aliphatic heterocycles. The van der Waals surface area contributed by atoms with Crippen molar-refractivity contribution in [1.82, 2.24) is 14.9 Å². The van der Waals surface area contributed by atoms with Crippen LogP contribution in [-0.4, -0.2) is 34.0 Å². The summed E-state index contributed by atoms with van der Waals surface area (Å²) in [5.74, 6) is 1.57. The maximum Gasteiger partial charge on any atom is 0.133 e. The maximum absolute atomic E-state index is 4.61. The summed E-state index contributed by atoms with van der Waals surface area (Å²) in [7, 11) is 0. The minimum Gasteiger partial charge on any atom is -0.300 e. The minimum absolute atomic E-state index is 0.518. The number of rotatable bonds is 2. The average Bonchev–Trinajstić information content (AvgIpc) is 2.28. The van der Waals surface area contributed by atoms with Crippen LogP contribution < -0.4 is 0 Å². The number of likely N-dealkylation sites (tertiary alicyclic amines) is 1. The molecule has 1 unspecified atom stereocenters. The first-order chi connectivity index (χ1) is 8.06. The lowest BCUT2D eigenvalue weighted by Crippen LogP contribution is -2.39. The van der Waals surface area contributed by atoms with Crippen molar-refractivity contribution in [1.29, 1.82) is 0 Å². The molecule has 1 fully saturated rings. The Morgan fingerprint density at radius 3 is 2.47 bits per heavy atom. The predicted molar refractivity (Wildman–Crippen MR) is 70.2 cm³/mol. The predicted octanol–water partition coefficient (Wildman–Crippen LogP) is 2.68. The molecule has 17 heavy (non-hydrogen) atoms. The molecule has 2 rings (SSSR count). The van der Waals surface area contributed by atoms with Crippen molar-refractivity contribution in [2.45, 2.75) is 52.5 Å². The highest BCUT2D eigenvalue weighted by atomic mass is 15.2. The second kappa shape index (κ2) is 5.13. The number of aromatic nitrogens is 2. The van der Waals surface area contributed by atoms with Crippen LogP contribution in [0.1, 0.15) is 49.8 Å². The lowest BCUT2D eigenvalue weighted by atomic mass is 9.96. The fraction of sp³-hybridized carbons (Fsp3) is 0.714. The highest BCUT2D eigenvalue weighted by Crippen LogP contribution is 2.25. The summed E-state index contributed by atoms with van der Waals surface area (Å²) >= 11 is 0. The molecule has 3 heteroatoms. The Kier molecular flexibility index (Phi) is 3.77. The van der Waals surface area contributed by atoms with Crippen LogP contribution >= 0.6 is 0 Å². The molecule has 2 heterocycles. The van der Waals surface area contributed by atoms with Crippen LogP contribution in [0, 0.1) is 13.8 Å². The third-order valence-corrected chi connectivity index (χ3v) is 3.55. The Labute approximate surface area is 104 Å². The van der Waals surface area contributed by atoms with Gasteiger partial charge in [-0.1, -0.05) is 0 Å². The Bertz CT molecular complexity index is 367. The summed E-state index contributed by atoms with van der Waals surface area (Å²) in [4.78, 5) is 11.8. The van der Waals surface area contributed by atoms with Crippen LogP contribution in [0.2, 0.25) is 0 Å². The van der Waals surface area contributed by atoms with Crippen LogP contribution in [0.4, 0.5) is 0 Å². The number of hydrogen-bond acceptors (Lipinski definition) is 3. The average molecular weight is 233 g/mol. The van der Waals surface area contributed by atoms with E-state index in [1.807, 2.05) is 6.07 Å². The van der Waals surface area contributed by atoms with Crippen LogP contribution in [-0.2, 0) is 0 Å². The summed E-state index contributed by atoms with van der Waals surface area (Å²) < 4.78 is 0. The van der Waals surface area contributed by atoms with Gasteiger partial charge in [0.1, 0.15) is 5.82 Å². The molecule has 0 bridgehead atoms. The van der Waals surface area contributed by atoms with E-state index in [0.29, 0.717) is 12.0 Å². The molecule has 0 N–H and O–H groups in total. The van der Waals surface area contributed by atoms with Gasteiger partial charge in [0.2, 0.25) is 0 Å². The first kappa shape index (κ1) is 12.5. The second-order valence-corrected chi connectivity index (χ2v) is 5.44. The molecule has 3 nitrogen and oxygen atoms in total. The van der Waals surface area contributed by atoms with Crippen molar-refractivity contribution in [3.63, 3.8) is 0 Å². The molecule has 0 saturated carbocycles. The van der Waals surface area contributed by atoms with Gasteiger partial charge >= 0.3 is 0 Å². The summed E-state index contributed by atoms with van der Waals surface area (Å²) in [5, 5.41) is 0. The Morgan fingerprint density at radius 1 is 1.24 bits per heavy atom. The molecule has 1 aromatic heterocycles. The molecule has 1 atom stereocenters. The normalized spacial score (nSPS) is 22.1. The van der Waals surface area contributed by atoms with Gasteiger partial charge < -0.3 is 4.90 Å². The van der Waals surface area contributed by atoms with Crippen molar-refractivity contribution in [2.75, 3.05) is 13.1 Å². The fourth-order valence-corrected chi connectivity index (χ4v) is 2.62. The number of nitrogens with zero attached hydrogens (tertiary/aromatic N) is 3. The van der Waals surface area contributed by atoms with Crippen molar-refractivity contribution < 1.29 is 0 Å². The van der Waals surface area contributed by atoms with Crippen LogP contribution in [0.3, 0.4) is 0 Å². The third kappa shape index (κ3) is 3.03. The summed E-state index contributed by atoms with van der Waals surface area (Å²) in [6.45, 7) is 11.0. The summed E-state index contributed by atoms with van der Waals surface area (Å²) in [5.41, 5.74) is 2.18. The lowest BCUT2D eigenvalue weighted by molar-refractivity contribution is 0.164. The van der Waals surface area contributed by atoms with Gasteiger partial charge in [0.25, 0.3) is 0 Å². The van der Waals surface area contributed by atoms with E-state index in [2.05, 4.69) is 42.6 Å². The van der Waals surface area contributed by atoms with E-state index in [1.54, 1.807) is 0 Å². The zero-order chi connectivity index (χ0) is 12.4. The third-order valence-electron chi connectivity index (χ3n) is 3.55. The molecule has 1 aliphatic rings. The van der Waals surface area contributed by atoms with Crippen molar-refractivity contribution >= 4 is 0 Å². The lowest BCUT2D eigenvalue weighted by Gasteiger charge is -2.34. The first-order valence-corrected chi connectivity index (χ1v) is 6.62. The van der Waals surface area contributed by atoms with E-state index >= 15 is 0 Å². The molecular weight excluding hydrogens is 210 g/mol. The van der Waals surface area contributed by atoms with Gasteiger partial charge in [-0.3, -0.25) is 0 Å². The van der Waals surface area contributed by atoms with Gasteiger partial charge in [-0.2, -0.15) is 0 Å². The van der Waals surface area contributed by atoms with Gasteiger partial charge in [-0.05, 0) is 53.1 Å². The Morgan fingerprint density at radius 2 is 1.88 bits per heavy atom. The zero-order valence-corrected chi connectivity index (χ0v) is 11.4. The first-order valence-electron chi connectivity index (χ1n) is 6.62. The van der Waals surface area contributed by atoms with E-state index in [1.165, 1.54) is 19.4 Å². The molecule has 94 valence electrons. The topological polar surface area (TPSA) is 29.0 Å². The Hall–Kier alpha value is -0.960. The van der Waals surface area contributed by atoms with Crippen molar-refractivity contribution in [3.8, 4) is 0 Å². The van der Waals surface area contributed by atoms with Gasteiger partial charge in [-0.15, -0.1) is 0 Å². The summed E-state index contributed by atoms with van der Waals surface area (Å²) in [6, 6.07) is 2.68. The van der Waals surface area contributed by atoms with Crippen molar-refractivity contribution in [3.05, 3.63) is 23.3 Å². The molecule has 1 saturated heterocycles. The van der Waals surface area contributed by atoms with Crippen LogP contribution in [0.25, 0.3) is 0 Å². The van der Waals surface area contributed by atoms with E-state index < -0.39 is 0 Å². The van der Waals surface area contributed by atoms with E-state index in [4.69, 9.17) is 0 Å². The molecule has 0 amide bonds. The molecular formula is C14H23N3. The molecule has 0 aliphatic carbocycles. The SMILES string of the molecule is Cc1cc(C)nc(C2CCCN(C(C)C)C2)n1. The van der Waals surface area contributed by atoms with Gasteiger partial charge in [0.05, 0.1) is 0 Å². The van der Waals surface area contributed by atoms with Crippen LogP contribution in [0.15, 0.2) is 6.07 Å². The quantitative estimate of drug-likeness (QED) is 0.786. The van der Waals surface area contributed by atoms with E-state index in [9.17, 15) is 0 Å². The van der Waals surface area contributed by atoms with Crippen molar-refractivity contribution in [2.24, 2.45) is 0 Å². The van der Waals surface area contributed by atoms with E-state index in [-0.39, 0.29) is 0 Å². The molecule has 0 aromatic carbocycles. The van der Waals surface area contributed by atoms with Gasteiger partial charge in [-0.25, -0.2) is 9.97 Å². The fourth-order valence-electron chi connectivity index (χ4n) is 2.62. The standard InChI is InChI=1S/C14H23N3/c1-10(2)17-7-5-6-13(9-17)14-15-11(3)8-12(4)16-14/h8,10,13H,5-7,9H2,1-4H3. The second-order valence-electron chi connectivity index (χ2n) is 5.44.